The van der Waals surface area contributed by atoms with Gasteiger partial charge in [0.25, 0.3) is 0 Å². The summed E-state index contributed by atoms with van der Waals surface area (Å²) < 4.78 is 43.0. The van der Waals surface area contributed by atoms with E-state index in [1.807, 2.05) is 0 Å². The summed E-state index contributed by atoms with van der Waals surface area (Å²) in [5.74, 6) is 0. The number of hydrogen-bond acceptors (Lipinski definition) is 7. The monoisotopic (exact) mass is 334 g/mol. The molecule has 0 radical (unpaired) electrons. The predicted octanol–water partition coefficient (Wildman–Crippen LogP) is -16.5. The van der Waals surface area contributed by atoms with Gasteiger partial charge in [-0.15, -0.1) is 0 Å². The van der Waals surface area contributed by atoms with Crippen molar-refractivity contribution in [3.8, 4) is 0 Å². The fraction of sp³-hybridized carbons (Fsp3) is 0. The number of hydrogen-bond donors (Lipinski definition) is 0. The summed E-state index contributed by atoms with van der Waals surface area (Å²) in [6, 6.07) is 0. The van der Waals surface area contributed by atoms with Gasteiger partial charge in [-0.3, -0.25) is 0 Å². The van der Waals surface area contributed by atoms with E-state index in [1.54, 1.807) is 0 Å². The quantitative estimate of drug-likeness (QED) is 0.316. The molecular weight excluding hydrogens is 331 g/mol. The first-order chi connectivity index (χ1) is 3.73. The van der Waals surface area contributed by atoms with Crippen LogP contribution in [0.1, 0.15) is 0 Å². The molecule has 0 bridgehead atoms. The normalized spacial score (nSPS) is 7.15. The molecule has 0 aromatic heterocycles. The van der Waals surface area contributed by atoms with Crippen molar-refractivity contribution in [2.24, 2.45) is 0 Å². The molecule has 0 aliphatic rings. The van der Waals surface area contributed by atoms with Crippen LogP contribution in [0, 0.1) is 0 Å². The maximum atomic E-state index is 8.63. The molecule has 0 rings (SSSR count). The van der Waals surface area contributed by atoms with Gasteiger partial charge in [0.2, 0.25) is 0 Å². The summed E-state index contributed by atoms with van der Waals surface area (Å²) in [5, 5.41) is 0. The molecule has 0 amide bonds. The Morgan fingerprint density at radius 2 is 0.846 bits per heavy atom. The van der Waals surface area contributed by atoms with Crippen LogP contribution >= 0.6 is 8.25 Å². The Morgan fingerprint density at radius 1 is 0.846 bits per heavy atom. The van der Waals surface area contributed by atoms with E-state index in [-0.39, 0.29) is 118 Å². The molecule has 13 heteroatoms. The van der Waals surface area contributed by atoms with Gasteiger partial charge >= 0.3 is 149 Å². The van der Waals surface area contributed by atoms with Crippen molar-refractivity contribution in [3.05, 3.63) is 0 Å². The van der Waals surface area contributed by atoms with Crippen molar-refractivity contribution >= 4 is 8.25 Å². The minimum absolute atomic E-state index is 0. The van der Waals surface area contributed by atoms with Gasteiger partial charge in [0.15, 0.2) is 0 Å². The van der Waals surface area contributed by atoms with Gasteiger partial charge in [-0.2, -0.15) is 0 Å². The molecule has 13 heavy (non-hydrogen) atoms. The zero-order valence-electron chi connectivity index (χ0n) is 7.77. The molecular formula is HMoNa4O7P. The third-order valence-electron chi connectivity index (χ3n) is 0. The van der Waals surface area contributed by atoms with Crippen molar-refractivity contribution in [2.75, 3.05) is 0 Å². The van der Waals surface area contributed by atoms with E-state index < -0.39 is 25.0 Å². The molecule has 0 N–H and O–H groups in total. The van der Waals surface area contributed by atoms with Crippen molar-refractivity contribution in [2.45, 2.75) is 0 Å². The first-order valence-corrected chi connectivity index (χ1v) is 5.78. The zero-order valence-corrected chi connectivity index (χ0v) is 18.8. The molecule has 0 atom stereocenters. The van der Waals surface area contributed by atoms with Crippen molar-refractivity contribution in [3.63, 3.8) is 0 Å². The average molecular weight is 332 g/mol. The topological polar surface area (TPSA) is 143 Å². The number of rotatable bonds is 0. The van der Waals surface area contributed by atoms with E-state index in [2.05, 4.69) is 0 Å². The van der Waals surface area contributed by atoms with Crippen molar-refractivity contribution in [1.82, 2.24) is 0 Å². The Kier molecular flexibility index (Phi) is 59.9. The molecule has 58 valence electrons. The van der Waals surface area contributed by atoms with E-state index in [0.717, 1.165) is 0 Å². The summed E-state index contributed by atoms with van der Waals surface area (Å²) in [6.07, 6.45) is 0. The van der Waals surface area contributed by atoms with Crippen LogP contribution in [0.25, 0.3) is 0 Å². The summed E-state index contributed by atoms with van der Waals surface area (Å²) in [6.45, 7) is 0. The van der Waals surface area contributed by atoms with Crippen LogP contribution in [0.3, 0.4) is 0 Å². The third-order valence-corrected chi connectivity index (χ3v) is 0. The van der Waals surface area contributed by atoms with E-state index in [4.69, 9.17) is 28.7 Å². The Balaban J connectivity index is -0.0000000146. The molecule has 0 heterocycles. The molecule has 0 saturated heterocycles. The molecule has 0 aromatic rings. The molecule has 0 fully saturated rings. The van der Waals surface area contributed by atoms with Gasteiger partial charge in [-0.25, -0.2) is 0 Å². The Morgan fingerprint density at radius 3 is 0.846 bits per heavy atom. The first kappa shape index (κ1) is 36.0. The molecule has 0 aliphatic heterocycles. The Labute approximate surface area is 168 Å². The first-order valence-electron chi connectivity index (χ1n) is 1.28. The van der Waals surface area contributed by atoms with Crippen LogP contribution in [0.2, 0.25) is 0 Å². The van der Waals surface area contributed by atoms with Gasteiger partial charge in [0.05, 0.1) is 0 Å². The minimum atomic E-state index is -6.02. The SMILES string of the molecule is O=[PH]([O-])[O-].[Na+].[Na+].[Na+].[Na+].[O]=[Mo](=[O])([O-])[O-]. The average Bonchev–Trinajstić information content (AvgIpc) is 1.19. The van der Waals surface area contributed by atoms with E-state index in [1.165, 1.54) is 0 Å². The molecule has 0 unspecified atom stereocenters. The van der Waals surface area contributed by atoms with Gasteiger partial charge in [-0.05, 0) is 0 Å². The second-order valence-electron chi connectivity index (χ2n) is 0.658. The van der Waals surface area contributed by atoms with Gasteiger partial charge < -0.3 is 14.4 Å². The molecule has 7 nitrogen and oxygen atoms in total. The Hall–Kier alpha value is 4.36. The molecule has 0 aromatic carbocycles. The second-order valence-corrected chi connectivity index (χ2v) is 3.17. The van der Waals surface area contributed by atoms with Crippen molar-refractivity contribution in [1.29, 1.82) is 0 Å². The van der Waals surface area contributed by atoms with Crippen molar-refractivity contribution < 1.29 is 164 Å². The van der Waals surface area contributed by atoms with E-state index >= 15 is 0 Å². The summed E-state index contributed by atoms with van der Waals surface area (Å²) in [5.41, 5.74) is 0. The predicted molar refractivity (Wildman–Crippen MR) is 10.4 cm³/mol. The van der Waals surface area contributed by atoms with Crippen LogP contribution in [-0.4, -0.2) is 0 Å². The summed E-state index contributed by atoms with van der Waals surface area (Å²) in [7, 11) is -3.63. The third kappa shape index (κ3) is 178. The van der Waals surface area contributed by atoms with Crippen LogP contribution in [-0.2, 0) is 28.1 Å². The van der Waals surface area contributed by atoms with Crippen LogP contribution in [0.15, 0.2) is 0 Å². The summed E-state index contributed by atoms with van der Waals surface area (Å²) >= 11 is -6.02. The van der Waals surface area contributed by atoms with Gasteiger partial charge in [-0.1, -0.05) is 8.25 Å². The maximum absolute atomic E-state index is 8.63. The van der Waals surface area contributed by atoms with E-state index in [9.17, 15) is 0 Å². The van der Waals surface area contributed by atoms with Crippen LogP contribution in [0.4, 0.5) is 0 Å². The van der Waals surface area contributed by atoms with Crippen LogP contribution in [0.5, 0.6) is 0 Å². The summed E-state index contributed by atoms with van der Waals surface area (Å²) in [4.78, 5) is 17.0. The molecule has 0 spiro atoms. The molecule has 0 saturated carbocycles. The fourth-order valence-corrected chi connectivity index (χ4v) is 0. The van der Waals surface area contributed by atoms with Gasteiger partial charge in [0.1, 0.15) is 0 Å². The standard InChI is InChI=1S/Mo.4Na.H3O3P.4O/c;;;;;1-4(2)3;;;;/h;;;;;4H,(H2,1,2,3);;;;/q;4*+1;;;;2*-1/p-2. The molecule has 0 aliphatic carbocycles. The second kappa shape index (κ2) is 21.6. The fourth-order valence-electron chi connectivity index (χ4n) is 0. The van der Waals surface area contributed by atoms with Crippen LogP contribution < -0.4 is 136 Å². The van der Waals surface area contributed by atoms with Gasteiger partial charge in [0, 0.05) is 0 Å². The zero-order chi connectivity index (χ0) is 8.08. The van der Waals surface area contributed by atoms with E-state index in [0.29, 0.717) is 0 Å². The Bertz CT molecular complexity index is 163.